The van der Waals surface area contributed by atoms with Crippen LogP contribution in [0.4, 0.5) is 5.69 Å². The topological polar surface area (TPSA) is 29.5 Å². The second kappa shape index (κ2) is 7.14. The normalized spacial score (nSPS) is 17.9. The summed E-state index contributed by atoms with van der Waals surface area (Å²) in [5, 5.41) is 0. The van der Waals surface area contributed by atoms with E-state index < -0.39 is 0 Å². The lowest BCUT2D eigenvalue weighted by atomic mass is 10.0. The standard InChI is InChI=1S/C20H21NO2/c1-23-19-13-6-5-12-18(19)21-15-14-17(20(21)22)11-7-10-16-8-3-2-4-9-16/h2-10,12-13,17H,11,14-15H2,1H3. The van der Waals surface area contributed by atoms with Gasteiger partial charge in [-0.05, 0) is 30.5 Å². The lowest BCUT2D eigenvalue weighted by molar-refractivity contribution is -0.120. The van der Waals surface area contributed by atoms with Gasteiger partial charge in [0.05, 0.1) is 12.8 Å². The summed E-state index contributed by atoms with van der Waals surface area (Å²) in [5.41, 5.74) is 2.04. The molecule has 3 nitrogen and oxygen atoms in total. The summed E-state index contributed by atoms with van der Waals surface area (Å²) < 4.78 is 5.37. The van der Waals surface area contributed by atoms with E-state index in [0.29, 0.717) is 0 Å². The number of rotatable bonds is 5. The SMILES string of the molecule is COc1ccccc1N1CCC(CC=Cc2ccccc2)C1=O. The van der Waals surface area contributed by atoms with Crippen molar-refractivity contribution in [2.24, 2.45) is 5.92 Å². The second-order valence-electron chi connectivity index (χ2n) is 5.70. The molecule has 1 saturated heterocycles. The van der Waals surface area contributed by atoms with Crippen LogP contribution in [0.3, 0.4) is 0 Å². The van der Waals surface area contributed by atoms with Crippen molar-refractivity contribution in [1.29, 1.82) is 0 Å². The number of methoxy groups -OCH3 is 1. The highest BCUT2D eigenvalue weighted by atomic mass is 16.5. The van der Waals surface area contributed by atoms with Crippen LogP contribution in [0.1, 0.15) is 18.4 Å². The van der Waals surface area contributed by atoms with E-state index in [4.69, 9.17) is 4.74 Å². The molecule has 1 heterocycles. The number of allylic oxidation sites excluding steroid dienone is 1. The smallest absolute Gasteiger partial charge is 0.230 e. The van der Waals surface area contributed by atoms with Crippen LogP contribution < -0.4 is 9.64 Å². The number of hydrogen-bond donors (Lipinski definition) is 0. The Labute approximate surface area is 137 Å². The van der Waals surface area contributed by atoms with Gasteiger partial charge in [-0.25, -0.2) is 0 Å². The maximum Gasteiger partial charge on any atom is 0.230 e. The molecule has 0 N–H and O–H groups in total. The van der Waals surface area contributed by atoms with Crippen LogP contribution in [0.5, 0.6) is 5.75 Å². The van der Waals surface area contributed by atoms with Gasteiger partial charge in [0, 0.05) is 12.5 Å². The van der Waals surface area contributed by atoms with Crippen molar-refractivity contribution >= 4 is 17.7 Å². The molecule has 23 heavy (non-hydrogen) atoms. The van der Waals surface area contributed by atoms with Gasteiger partial charge in [-0.2, -0.15) is 0 Å². The molecular formula is C20H21NO2. The highest BCUT2D eigenvalue weighted by Gasteiger charge is 2.32. The first kappa shape index (κ1) is 15.3. The minimum Gasteiger partial charge on any atom is -0.495 e. The molecule has 1 unspecified atom stereocenters. The van der Waals surface area contributed by atoms with Crippen LogP contribution in [-0.2, 0) is 4.79 Å². The van der Waals surface area contributed by atoms with Crippen LogP contribution in [0.2, 0.25) is 0 Å². The molecule has 0 aliphatic carbocycles. The van der Waals surface area contributed by atoms with Gasteiger partial charge >= 0.3 is 0 Å². The molecule has 118 valence electrons. The Hall–Kier alpha value is -2.55. The fourth-order valence-electron chi connectivity index (χ4n) is 2.98. The highest BCUT2D eigenvalue weighted by molar-refractivity contribution is 5.98. The Morgan fingerprint density at radius 2 is 1.87 bits per heavy atom. The predicted molar refractivity (Wildman–Crippen MR) is 93.5 cm³/mol. The van der Waals surface area contributed by atoms with Gasteiger partial charge in [-0.1, -0.05) is 54.6 Å². The molecule has 0 saturated carbocycles. The molecule has 1 amide bonds. The zero-order chi connectivity index (χ0) is 16.1. The van der Waals surface area contributed by atoms with E-state index in [2.05, 4.69) is 24.3 Å². The Bertz CT molecular complexity index is 694. The van der Waals surface area contributed by atoms with Crippen molar-refractivity contribution in [3.05, 3.63) is 66.2 Å². The minimum absolute atomic E-state index is 0.0554. The largest absolute Gasteiger partial charge is 0.495 e. The zero-order valence-corrected chi connectivity index (χ0v) is 13.3. The fourth-order valence-corrected chi connectivity index (χ4v) is 2.98. The van der Waals surface area contributed by atoms with E-state index in [1.54, 1.807) is 7.11 Å². The first-order valence-electron chi connectivity index (χ1n) is 7.95. The molecule has 1 aliphatic rings. The Kier molecular flexibility index (Phi) is 4.77. The van der Waals surface area contributed by atoms with Gasteiger partial charge in [0.1, 0.15) is 5.75 Å². The fraction of sp³-hybridized carbons (Fsp3) is 0.250. The Morgan fingerprint density at radius 1 is 1.13 bits per heavy atom. The third-order valence-electron chi connectivity index (χ3n) is 4.22. The molecule has 1 atom stereocenters. The van der Waals surface area contributed by atoms with E-state index in [1.165, 1.54) is 5.56 Å². The molecule has 1 aliphatic heterocycles. The van der Waals surface area contributed by atoms with Crippen LogP contribution in [-0.4, -0.2) is 19.6 Å². The van der Waals surface area contributed by atoms with Crippen molar-refractivity contribution in [3.8, 4) is 5.75 Å². The van der Waals surface area contributed by atoms with Gasteiger partial charge < -0.3 is 9.64 Å². The van der Waals surface area contributed by atoms with Gasteiger partial charge in [0.2, 0.25) is 5.91 Å². The van der Waals surface area contributed by atoms with Crippen LogP contribution in [0.15, 0.2) is 60.7 Å². The zero-order valence-electron chi connectivity index (χ0n) is 13.3. The second-order valence-corrected chi connectivity index (χ2v) is 5.70. The number of ether oxygens (including phenoxy) is 1. The summed E-state index contributed by atoms with van der Waals surface area (Å²) in [7, 11) is 1.64. The summed E-state index contributed by atoms with van der Waals surface area (Å²) in [4.78, 5) is 14.5. The summed E-state index contributed by atoms with van der Waals surface area (Å²) in [6.07, 6.45) is 5.85. The third-order valence-corrected chi connectivity index (χ3v) is 4.22. The summed E-state index contributed by atoms with van der Waals surface area (Å²) in [6.45, 7) is 0.753. The maximum absolute atomic E-state index is 12.7. The van der Waals surface area contributed by atoms with Gasteiger partial charge in [0.25, 0.3) is 0 Å². The van der Waals surface area contributed by atoms with Gasteiger partial charge in [-0.15, -0.1) is 0 Å². The molecular weight excluding hydrogens is 286 g/mol. The summed E-state index contributed by atoms with van der Waals surface area (Å²) in [5.74, 6) is 0.994. The molecule has 2 aromatic carbocycles. The average molecular weight is 307 g/mol. The van der Waals surface area contributed by atoms with Crippen molar-refractivity contribution in [2.45, 2.75) is 12.8 Å². The molecule has 3 heteroatoms. The van der Waals surface area contributed by atoms with Crippen molar-refractivity contribution < 1.29 is 9.53 Å². The lowest BCUT2D eigenvalue weighted by Crippen LogP contribution is -2.27. The molecule has 0 bridgehead atoms. The maximum atomic E-state index is 12.7. The number of carbonyl (C=O) groups excluding carboxylic acids is 1. The lowest BCUT2D eigenvalue weighted by Gasteiger charge is -2.19. The molecule has 0 radical (unpaired) electrons. The molecule has 0 aromatic heterocycles. The van der Waals surface area contributed by atoms with E-state index >= 15 is 0 Å². The Morgan fingerprint density at radius 3 is 2.65 bits per heavy atom. The van der Waals surface area contributed by atoms with E-state index in [1.807, 2.05) is 47.4 Å². The molecule has 0 spiro atoms. The number of anilines is 1. The predicted octanol–water partition coefficient (Wildman–Crippen LogP) is 4.15. The monoisotopic (exact) mass is 307 g/mol. The summed E-state index contributed by atoms with van der Waals surface area (Å²) >= 11 is 0. The molecule has 3 rings (SSSR count). The number of carbonyl (C=O) groups is 1. The number of para-hydroxylation sites is 2. The van der Waals surface area contributed by atoms with Crippen molar-refractivity contribution in [2.75, 3.05) is 18.6 Å². The van der Waals surface area contributed by atoms with Crippen LogP contribution >= 0.6 is 0 Å². The quantitative estimate of drug-likeness (QED) is 0.830. The average Bonchev–Trinajstić information content (AvgIpc) is 2.96. The van der Waals surface area contributed by atoms with E-state index in [9.17, 15) is 4.79 Å². The van der Waals surface area contributed by atoms with Gasteiger partial charge in [0.15, 0.2) is 0 Å². The minimum atomic E-state index is 0.0554. The number of benzene rings is 2. The number of amides is 1. The highest BCUT2D eigenvalue weighted by Crippen LogP contribution is 2.33. The van der Waals surface area contributed by atoms with Gasteiger partial charge in [-0.3, -0.25) is 4.79 Å². The number of hydrogen-bond acceptors (Lipinski definition) is 2. The first-order valence-corrected chi connectivity index (χ1v) is 7.95. The van der Waals surface area contributed by atoms with Crippen LogP contribution in [0.25, 0.3) is 6.08 Å². The number of nitrogens with zero attached hydrogens (tertiary/aromatic N) is 1. The third kappa shape index (κ3) is 3.45. The summed E-state index contributed by atoms with van der Waals surface area (Å²) in [6, 6.07) is 17.9. The van der Waals surface area contributed by atoms with E-state index in [-0.39, 0.29) is 11.8 Å². The van der Waals surface area contributed by atoms with Crippen molar-refractivity contribution in [1.82, 2.24) is 0 Å². The van der Waals surface area contributed by atoms with E-state index in [0.717, 1.165) is 30.8 Å². The molecule has 2 aromatic rings. The molecule has 1 fully saturated rings. The first-order chi connectivity index (χ1) is 11.3. The van der Waals surface area contributed by atoms with Crippen molar-refractivity contribution in [3.63, 3.8) is 0 Å². The Balaban J connectivity index is 1.66. The van der Waals surface area contributed by atoms with Crippen LogP contribution in [0, 0.1) is 5.92 Å².